The molecule has 190 valence electrons. The minimum absolute atomic E-state index is 0.181. The molecule has 36 heavy (non-hydrogen) atoms. The number of benzene rings is 2. The van der Waals surface area contributed by atoms with E-state index in [4.69, 9.17) is 9.47 Å². The summed E-state index contributed by atoms with van der Waals surface area (Å²) in [5, 5.41) is 13.3. The predicted octanol–water partition coefficient (Wildman–Crippen LogP) is 3.92. The van der Waals surface area contributed by atoms with Crippen molar-refractivity contribution >= 4 is 41.0 Å². The maximum Gasteiger partial charge on any atom is 0.414 e. The maximum absolute atomic E-state index is 15.2. The fourth-order valence-electron chi connectivity index (χ4n) is 4.38. The molecule has 0 aliphatic carbocycles. The Morgan fingerprint density at radius 2 is 2.06 bits per heavy atom. The Kier molecular flexibility index (Phi) is 7.74. The van der Waals surface area contributed by atoms with Gasteiger partial charge in [-0.25, -0.2) is 9.18 Å². The van der Waals surface area contributed by atoms with Crippen LogP contribution in [0.3, 0.4) is 0 Å². The number of methoxy groups -OCH3 is 1. The lowest BCUT2D eigenvalue weighted by Crippen LogP contribution is -2.48. The van der Waals surface area contributed by atoms with E-state index in [-0.39, 0.29) is 12.5 Å². The van der Waals surface area contributed by atoms with Crippen LogP contribution >= 0.6 is 11.9 Å². The van der Waals surface area contributed by atoms with Crippen LogP contribution in [0.4, 0.5) is 26.2 Å². The first kappa shape index (κ1) is 25.4. The molecule has 11 heteroatoms. The number of carbonyl (C=O) groups is 2. The lowest BCUT2D eigenvalue weighted by molar-refractivity contribution is -0.117. The van der Waals surface area contributed by atoms with Crippen LogP contribution in [0.15, 0.2) is 42.5 Å². The molecular formula is C25H28FN5O4S. The van der Waals surface area contributed by atoms with Gasteiger partial charge in [-0.15, -0.1) is 0 Å². The minimum atomic E-state index is -0.787. The Labute approximate surface area is 213 Å². The molecule has 2 fully saturated rings. The number of nitrogens with zero attached hydrogens (tertiary/aromatic N) is 3. The molecule has 0 bridgehead atoms. The molecule has 4 rings (SSSR count). The first-order chi connectivity index (χ1) is 17.3. The summed E-state index contributed by atoms with van der Waals surface area (Å²) in [5.41, 5.74) is 0.796. The number of rotatable bonds is 8. The average Bonchev–Trinajstić information content (AvgIpc) is 3.25. The highest BCUT2D eigenvalue weighted by Crippen LogP contribution is 2.35. The van der Waals surface area contributed by atoms with E-state index >= 15 is 4.39 Å². The Bertz CT molecular complexity index is 1170. The number of piperidine rings is 1. The second kappa shape index (κ2) is 11.0. The summed E-state index contributed by atoms with van der Waals surface area (Å²) in [4.78, 5) is 26.6. The third-order valence-corrected chi connectivity index (χ3v) is 7.23. The molecule has 2 aliphatic heterocycles. The van der Waals surface area contributed by atoms with Gasteiger partial charge >= 0.3 is 6.09 Å². The number of nitrogens with one attached hydrogen (secondary N) is 2. The smallest absolute Gasteiger partial charge is 0.414 e. The summed E-state index contributed by atoms with van der Waals surface area (Å²) < 4.78 is 28.5. The van der Waals surface area contributed by atoms with Crippen LogP contribution < -0.4 is 24.6 Å². The highest BCUT2D eigenvalue weighted by molar-refractivity contribution is 7.97. The summed E-state index contributed by atoms with van der Waals surface area (Å²) in [7, 11) is 1.58. The molecule has 2 amide bonds. The van der Waals surface area contributed by atoms with Crippen molar-refractivity contribution in [1.82, 2.24) is 4.72 Å². The number of cyclic esters (lactones) is 1. The standard InChI is InChI=1S/C25H28FN5O4S/c1-17(32)29-36-15-19-14-31(24(33)35-19)18-7-8-22(20(26)13-18)30-11-9-25(16-27,10-12-30)28-21-5-3-4-6-23(21)34-2/h3-8,13,19,28H,9-12,14-15H2,1-2H3,(H,29,32)/t19-/m0/s1. The lowest BCUT2D eigenvalue weighted by Gasteiger charge is -2.39. The van der Waals surface area contributed by atoms with Crippen molar-refractivity contribution in [2.45, 2.75) is 31.4 Å². The number of para-hydroxylation sites is 2. The van der Waals surface area contributed by atoms with Crippen molar-refractivity contribution in [1.29, 1.82) is 5.26 Å². The van der Waals surface area contributed by atoms with Crippen molar-refractivity contribution in [3.8, 4) is 11.8 Å². The molecule has 1 atom stereocenters. The zero-order valence-electron chi connectivity index (χ0n) is 20.1. The SMILES string of the molecule is COc1ccccc1NC1(C#N)CCN(c2ccc(N3C[C@@H](CSNC(C)=O)OC3=O)cc2F)CC1. The lowest BCUT2D eigenvalue weighted by atomic mass is 9.88. The molecule has 2 N–H and O–H groups in total. The number of anilines is 3. The highest BCUT2D eigenvalue weighted by atomic mass is 32.2. The molecule has 0 radical (unpaired) electrons. The van der Waals surface area contributed by atoms with Gasteiger partial charge in [0.05, 0.1) is 42.5 Å². The van der Waals surface area contributed by atoms with Crippen molar-refractivity contribution in [2.75, 3.05) is 47.6 Å². The molecule has 2 aromatic carbocycles. The van der Waals surface area contributed by atoms with E-state index in [9.17, 15) is 14.9 Å². The summed E-state index contributed by atoms with van der Waals surface area (Å²) in [6, 6.07) is 14.5. The van der Waals surface area contributed by atoms with Gasteiger partial charge in [0.1, 0.15) is 23.2 Å². The zero-order valence-corrected chi connectivity index (χ0v) is 20.9. The summed E-state index contributed by atoms with van der Waals surface area (Å²) in [6.45, 7) is 2.65. The Hall–Kier alpha value is -3.65. The van der Waals surface area contributed by atoms with Crippen LogP contribution in [-0.2, 0) is 9.53 Å². The van der Waals surface area contributed by atoms with Crippen LogP contribution in [0.1, 0.15) is 19.8 Å². The Morgan fingerprint density at radius 1 is 1.31 bits per heavy atom. The number of carbonyl (C=O) groups excluding carboxylic acids is 2. The van der Waals surface area contributed by atoms with Crippen molar-refractivity contribution in [2.24, 2.45) is 0 Å². The third-order valence-electron chi connectivity index (χ3n) is 6.25. The second-order valence-electron chi connectivity index (χ2n) is 8.73. The van der Waals surface area contributed by atoms with Crippen molar-refractivity contribution in [3.63, 3.8) is 0 Å². The third kappa shape index (κ3) is 5.60. The van der Waals surface area contributed by atoms with E-state index in [0.29, 0.717) is 48.8 Å². The topological polar surface area (TPSA) is 107 Å². The summed E-state index contributed by atoms with van der Waals surface area (Å²) in [6.07, 6.45) is 0.0349. The molecule has 0 saturated carbocycles. The van der Waals surface area contributed by atoms with Gasteiger partial charge in [0, 0.05) is 32.9 Å². The first-order valence-corrected chi connectivity index (χ1v) is 12.6. The van der Waals surface area contributed by atoms with E-state index in [1.165, 1.54) is 29.8 Å². The monoisotopic (exact) mass is 513 g/mol. The second-order valence-corrected chi connectivity index (χ2v) is 9.55. The van der Waals surface area contributed by atoms with Gasteiger partial charge in [0.2, 0.25) is 5.91 Å². The quantitative estimate of drug-likeness (QED) is 0.512. The number of ether oxygens (including phenoxy) is 2. The van der Waals surface area contributed by atoms with Gasteiger partial charge in [-0.3, -0.25) is 9.69 Å². The van der Waals surface area contributed by atoms with Crippen molar-refractivity contribution in [3.05, 3.63) is 48.3 Å². The molecule has 2 aromatic rings. The molecule has 2 heterocycles. The van der Waals surface area contributed by atoms with E-state index < -0.39 is 23.6 Å². The van der Waals surface area contributed by atoms with Crippen molar-refractivity contribution < 1.29 is 23.5 Å². The van der Waals surface area contributed by atoms with Gasteiger partial charge in [-0.2, -0.15) is 5.26 Å². The minimum Gasteiger partial charge on any atom is -0.495 e. The van der Waals surface area contributed by atoms with Gasteiger partial charge in [0.25, 0.3) is 0 Å². The fourth-order valence-corrected chi connectivity index (χ4v) is 5.02. The van der Waals surface area contributed by atoms with Crippen LogP contribution in [0.5, 0.6) is 5.75 Å². The molecule has 0 aromatic heterocycles. The van der Waals surface area contributed by atoms with Gasteiger partial charge < -0.3 is 24.4 Å². The number of nitriles is 1. The van der Waals surface area contributed by atoms with E-state index in [2.05, 4.69) is 16.1 Å². The average molecular weight is 514 g/mol. The molecule has 0 spiro atoms. The molecule has 9 nitrogen and oxygen atoms in total. The number of halogens is 1. The predicted molar refractivity (Wildman–Crippen MR) is 137 cm³/mol. The van der Waals surface area contributed by atoms with E-state index in [1.807, 2.05) is 29.2 Å². The molecule has 2 aliphatic rings. The van der Waals surface area contributed by atoms with E-state index in [1.54, 1.807) is 19.2 Å². The van der Waals surface area contributed by atoms with Gasteiger partial charge in [-0.05, 0) is 42.3 Å². The normalized spacial score (nSPS) is 18.8. The van der Waals surface area contributed by atoms with E-state index in [0.717, 1.165) is 5.69 Å². The maximum atomic E-state index is 15.2. The van der Waals surface area contributed by atoms with Crippen LogP contribution in [-0.4, -0.2) is 56.1 Å². The van der Waals surface area contributed by atoms with Gasteiger partial charge in [-0.1, -0.05) is 12.1 Å². The van der Waals surface area contributed by atoms with Crippen LogP contribution in [0.25, 0.3) is 0 Å². The fraction of sp³-hybridized carbons (Fsp3) is 0.400. The Balaban J connectivity index is 1.39. The molecule has 0 unspecified atom stereocenters. The molecule has 2 saturated heterocycles. The Morgan fingerprint density at radius 3 is 2.72 bits per heavy atom. The van der Waals surface area contributed by atoms with Crippen LogP contribution in [0.2, 0.25) is 0 Å². The number of hydrogen-bond acceptors (Lipinski definition) is 8. The number of hydrogen-bond donors (Lipinski definition) is 2. The first-order valence-electron chi connectivity index (χ1n) is 11.6. The number of amides is 2. The highest BCUT2D eigenvalue weighted by Gasteiger charge is 2.37. The van der Waals surface area contributed by atoms with Crippen LogP contribution in [0, 0.1) is 17.1 Å². The zero-order chi connectivity index (χ0) is 25.7. The summed E-state index contributed by atoms with van der Waals surface area (Å²) in [5.74, 6) is 0.435. The largest absolute Gasteiger partial charge is 0.495 e. The molecular weight excluding hydrogens is 485 g/mol. The van der Waals surface area contributed by atoms with Gasteiger partial charge in [0.15, 0.2) is 0 Å². The summed E-state index contributed by atoms with van der Waals surface area (Å²) >= 11 is 1.17.